The van der Waals surface area contributed by atoms with Crippen LogP contribution in [0.1, 0.15) is 29.1 Å². The molecule has 2 N–H and O–H groups in total. The van der Waals surface area contributed by atoms with E-state index >= 15 is 0 Å². The minimum Gasteiger partial charge on any atom is -0.486 e. The Labute approximate surface area is 187 Å². The van der Waals surface area contributed by atoms with Gasteiger partial charge in [0.15, 0.2) is 11.5 Å². The molecule has 1 aromatic carbocycles. The van der Waals surface area contributed by atoms with E-state index in [1.807, 2.05) is 24.3 Å². The van der Waals surface area contributed by atoms with Crippen molar-refractivity contribution in [2.75, 3.05) is 18.9 Å². The van der Waals surface area contributed by atoms with Crippen LogP contribution in [0, 0.1) is 0 Å². The summed E-state index contributed by atoms with van der Waals surface area (Å²) < 4.78 is 11.5. The number of carbonyl (C=O) groups is 1. The molecule has 0 fully saturated rings. The second-order valence-corrected chi connectivity index (χ2v) is 9.84. The molecule has 0 bridgehead atoms. The van der Waals surface area contributed by atoms with Crippen molar-refractivity contribution in [1.82, 2.24) is 15.3 Å². The third kappa shape index (κ3) is 4.43. The first-order valence-corrected chi connectivity index (χ1v) is 12.4. The lowest BCUT2D eigenvalue weighted by Crippen LogP contribution is -2.40. The monoisotopic (exact) mass is 457 g/mol. The summed E-state index contributed by atoms with van der Waals surface area (Å²) in [6, 6.07) is 7.52. The molecule has 9 heteroatoms. The van der Waals surface area contributed by atoms with E-state index in [1.54, 1.807) is 23.1 Å². The molecule has 1 atom stereocenters. The molecule has 0 saturated heterocycles. The molecule has 3 heterocycles. The van der Waals surface area contributed by atoms with Crippen molar-refractivity contribution in [3.05, 3.63) is 50.9 Å². The number of para-hydroxylation sites is 2. The summed E-state index contributed by atoms with van der Waals surface area (Å²) >= 11 is 3.24. The number of hydrogen-bond acceptors (Lipinski definition) is 7. The third-order valence-electron chi connectivity index (χ3n) is 5.43. The number of thiophene rings is 1. The number of benzene rings is 1. The normalized spacial score (nSPS) is 17.0. The van der Waals surface area contributed by atoms with Crippen LogP contribution in [-0.4, -0.2) is 40.9 Å². The smallest absolute Gasteiger partial charge is 0.259 e. The van der Waals surface area contributed by atoms with Crippen LogP contribution in [0.15, 0.2) is 29.1 Å². The Kier molecular flexibility index (Phi) is 5.87. The number of thioether (sulfide) groups is 1. The summed E-state index contributed by atoms with van der Waals surface area (Å²) in [5, 5.41) is 3.69. The predicted molar refractivity (Wildman–Crippen MR) is 122 cm³/mol. The lowest BCUT2D eigenvalue weighted by Gasteiger charge is -2.26. The highest BCUT2D eigenvalue weighted by molar-refractivity contribution is 7.98. The van der Waals surface area contributed by atoms with Gasteiger partial charge in [-0.1, -0.05) is 12.1 Å². The van der Waals surface area contributed by atoms with Gasteiger partial charge >= 0.3 is 0 Å². The molecule has 1 aliphatic carbocycles. The Morgan fingerprint density at radius 2 is 2.16 bits per heavy atom. The van der Waals surface area contributed by atoms with Gasteiger partial charge in [-0.2, -0.15) is 11.8 Å². The summed E-state index contributed by atoms with van der Waals surface area (Å²) in [7, 11) is 0. The Morgan fingerprint density at radius 1 is 1.29 bits per heavy atom. The van der Waals surface area contributed by atoms with Gasteiger partial charge in [-0.3, -0.25) is 9.59 Å². The summed E-state index contributed by atoms with van der Waals surface area (Å²) in [5.41, 5.74) is 1.16. The fourth-order valence-electron chi connectivity index (χ4n) is 3.93. The van der Waals surface area contributed by atoms with E-state index < -0.39 is 0 Å². The lowest BCUT2D eigenvalue weighted by molar-refractivity contribution is -0.121. The molecule has 162 valence electrons. The van der Waals surface area contributed by atoms with Crippen LogP contribution in [0.3, 0.4) is 0 Å². The molecule has 0 radical (unpaired) electrons. The first-order valence-electron chi connectivity index (χ1n) is 10.4. The molecule has 2 aromatic heterocycles. The number of aryl methyl sites for hydroxylation is 2. The van der Waals surface area contributed by atoms with Crippen LogP contribution >= 0.6 is 23.1 Å². The highest BCUT2D eigenvalue weighted by atomic mass is 32.2. The number of ether oxygens (including phenoxy) is 2. The van der Waals surface area contributed by atoms with E-state index in [0.717, 1.165) is 35.2 Å². The largest absolute Gasteiger partial charge is 0.486 e. The number of hydrogen-bond donors (Lipinski definition) is 2. The number of H-pyrrole nitrogens is 1. The molecular formula is C22H23N3O4S2. The number of rotatable bonds is 7. The summed E-state index contributed by atoms with van der Waals surface area (Å²) in [6.07, 6.45) is 3.37. The van der Waals surface area contributed by atoms with Crippen LogP contribution in [0.4, 0.5) is 0 Å². The zero-order valence-electron chi connectivity index (χ0n) is 16.9. The average molecular weight is 458 g/mol. The lowest BCUT2D eigenvalue weighted by atomic mass is 10.2. The van der Waals surface area contributed by atoms with Crippen molar-refractivity contribution in [2.24, 2.45) is 0 Å². The fourth-order valence-corrected chi connectivity index (χ4v) is 6.01. The zero-order valence-corrected chi connectivity index (χ0v) is 18.6. The van der Waals surface area contributed by atoms with E-state index in [1.165, 1.54) is 10.4 Å². The molecule has 5 rings (SSSR count). The molecule has 1 amide bonds. The van der Waals surface area contributed by atoms with Crippen molar-refractivity contribution >= 4 is 39.2 Å². The highest BCUT2D eigenvalue weighted by Gasteiger charge is 2.22. The molecule has 0 saturated carbocycles. The number of carbonyl (C=O) groups excluding carboxylic acids is 1. The van der Waals surface area contributed by atoms with Crippen molar-refractivity contribution in [2.45, 2.75) is 37.5 Å². The average Bonchev–Trinajstić information content (AvgIpc) is 3.36. The van der Waals surface area contributed by atoms with Gasteiger partial charge in [0.05, 0.1) is 17.7 Å². The van der Waals surface area contributed by atoms with Gasteiger partial charge in [0, 0.05) is 17.1 Å². The van der Waals surface area contributed by atoms with Crippen molar-refractivity contribution in [3.8, 4) is 11.5 Å². The minimum absolute atomic E-state index is 0.0263. The molecule has 1 aliphatic heterocycles. The van der Waals surface area contributed by atoms with Crippen LogP contribution in [0.5, 0.6) is 11.5 Å². The van der Waals surface area contributed by atoms with E-state index in [4.69, 9.17) is 9.47 Å². The summed E-state index contributed by atoms with van der Waals surface area (Å²) in [5.74, 6) is 3.32. The first-order chi connectivity index (χ1) is 15.2. The highest BCUT2D eigenvalue weighted by Crippen LogP contribution is 2.34. The van der Waals surface area contributed by atoms with Crippen LogP contribution in [-0.2, 0) is 23.4 Å². The van der Waals surface area contributed by atoms with Gasteiger partial charge in [0.2, 0.25) is 5.91 Å². The second-order valence-electron chi connectivity index (χ2n) is 7.65. The Balaban J connectivity index is 1.06. The topological polar surface area (TPSA) is 93.3 Å². The second kappa shape index (κ2) is 8.92. The van der Waals surface area contributed by atoms with Gasteiger partial charge in [0.1, 0.15) is 23.4 Å². The standard InChI is InChI=1S/C22H23N3O4S2/c26-19(23-10-13-11-28-15-5-1-2-6-16(15)29-13)8-9-30-12-18-24-21(27)20-14-4-3-7-17(14)31-22(20)25-18/h1-2,5-6,13H,3-4,7-12H2,(H,23,26)(H,24,25,27). The van der Waals surface area contributed by atoms with Gasteiger partial charge < -0.3 is 19.8 Å². The predicted octanol–water partition coefficient (Wildman–Crippen LogP) is 3.05. The van der Waals surface area contributed by atoms with Crippen molar-refractivity contribution in [1.29, 1.82) is 0 Å². The Bertz CT molecular complexity index is 1170. The maximum absolute atomic E-state index is 12.5. The van der Waals surface area contributed by atoms with E-state index in [9.17, 15) is 9.59 Å². The molecule has 0 spiro atoms. The molecular weight excluding hydrogens is 434 g/mol. The van der Waals surface area contributed by atoms with Crippen molar-refractivity contribution in [3.63, 3.8) is 0 Å². The Morgan fingerprint density at radius 3 is 3.06 bits per heavy atom. The minimum atomic E-state index is -0.195. The van der Waals surface area contributed by atoms with Gasteiger partial charge in [-0.15, -0.1) is 11.3 Å². The SMILES string of the molecule is O=C(CCSCc1nc2sc3c(c2c(=O)[nH]1)CCC3)NCC1COc2ccccc2O1. The number of nitrogens with zero attached hydrogens (tertiary/aromatic N) is 1. The van der Waals surface area contributed by atoms with Gasteiger partial charge in [0.25, 0.3) is 5.56 Å². The Hall–Kier alpha value is -2.52. The molecule has 7 nitrogen and oxygen atoms in total. The quantitative estimate of drug-likeness (QED) is 0.530. The molecule has 2 aliphatic rings. The number of aromatic amines is 1. The maximum atomic E-state index is 12.5. The molecule has 31 heavy (non-hydrogen) atoms. The summed E-state index contributed by atoms with van der Waals surface area (Å²) in [4.78, 5) is 34.4. The van der Waals surface area contributed by atoms with E-state index in [2.05, 4.69) is 15.3 Å². The van der Waals surface area contributed by atoms with Crippen LogP contribution in [0.25, 0.3) is 10.2 Å². The van der Waals surface area contributed by atoms with Gasteiger partial charge in [-0.05, 0) is 37.0 Å². The molecule has 1 unspecified atom stereocenters. The fraction of sp³-hybridized carbons (Fsp3) is 0.409. The van der Waals surface area contributed by atoms with E-state index in [0.29, 0.717) is 42.7 Å². The van der Waals surface area contributed by atoms with Gasteiger partial charge in [-0.25, -0.2) is 4.98 Å². The van der Waals surface area contributed by atoms with E-state index in [-0.39, 0.29) is 17.6 Å². The van der Waals surface area contributed by atoms with Crippen LogP contribution < -0.4 is 20.3 Å². The number of nitrogens with one attached hydrogen (secondary N) is 2. The van der Waals surface area contributed by atoms with Crippen LogP contribution in [0.2, 0.25) is 0 Å². The van der Waals surface area contributed by atoms with Crippen molar-refractivity contribution < 1.29 is 14.3 Å². The first kappa shape index (κ1) is 20.4. The zero-order chi connectivity index (χ0) is 21.2. The maximum Gasteiger partial charge on any atom is 0.259 e. The number of aromatic nitrogens is 2. The third-order valence-corrected chi connectivity index (χ3v) is 7.59. The number of fused-ring (bicyclic) bond motifs is 4. The summed E-state index contributed by atoms with van der Waals surface area (Å²) in [6.45, 7) is 0.826. The number of amides is 1. The molecule has 3 aromatic rings.